The van der Waals surface area contributed by atoms with Gasteiger partial charge in [0, 0.05) is 50.8 Å². The minimum Gasteiger partial charge on any atom is -0.381 e. The number of carbonyl (C=O) groups is 1. The van der Waals surface area contributed by atoms with E-state index in [-0.39, 0.29) is 18.4 Å². The third kappa shape index (κ3) is 6.95. The average molecular weight is 484 g/mol. The average Bonchev–Trinajstić information content (AvgIpc) is 3.27. The lowest BCUT2D eigenvalue weighted by atomic mass is 9.91. The van der Waals surface area contributed by atoms with Crippen LogP contribution in [0.3, 0.4) is 0 Å². The van der Waals surface area contributed by atoms with Crippen LogP contribution in [-0.2, 0) is 35.2 Å². The Morgan fingerprint density at radius 1 is 1.12 bits per heavy atom. The van der Waals surface area contributed by atoms with Gasteiger partial charge in [-0.05, 0) is 74.4 Å². The Hall–Kier alpha value is -1.64. The van der Waals surface area contributed by atoms with E-state index in [2.05, 4.69) is 24.5 Å². The Balaban J connectivity index is 0.00000103. The maximum absolute atomic E-state index is 13.4. The van der Waals surface area contributed by atoms with Crippen LogP contribution in [0, 0.1) is 5.92 Å². The Labute approximate surface area is 201 Å². The molecular formula is C26H40F3N3O2. The molecule has 1 saturated heterocycles. The molecule has 3 aliphatic rings. The molecule has 192 valence electrons. The van der Waals surface area contributed by atoms with Gasteiger partial charge in [-0.3, -0.25) is 4.79 Å². The van der Waals surface area contributed by atoms with Crippen molar-refractivity contribution in [2.24, 2.45) is 5.92 Å². The molecule has 1 aromatic carbocycles. The topological polar surface area (TPSA) is 53.6 Å². The third-order valence-corrected chi connectivity index (χ3v) is 6.91. The Kier molecular flexibility index (Phi) is 9.80. The molecule has 4 rings (SSSR count). The second-order valence-corrected chi connectivity index (χ2v) is 9.78. The van der Waals surface area contributed by atoms with Crippen LogP contribution in [0.1, 0.15) is 74.6 Å². The first-order valence-corrected chi connectivity index (χ1v) is 12.8. The zero-order valence-electron chi connectivity index (χ0n) is 20.8. The van der Waals surface area contributed by atoms with Gasteiger partial charge in [0.2, 0.25) is 5.91 Å². The van der Waals surface area contributed by atoms with Gasteiger partial charge >= 0.3 is 6.18 Å². The number of halogens is 3. The van der Waals surface area contributed by atoms with E-state index in [9.17, 15) is 18.0 Å². The van der Waals surface area contributed by atoms with Crippen molar-refractivity contribution in [1.29, 1.82) is 0 Å². The van der Waals surface area contributed by atoms with Crippen molar-refractivity contribution in [3.05, 3.63) is 34.4 Å². The van der Waals surface area contributed by atoms with E-state index in [0.29, 0.717) is 42.7 Å². The molecule has 2 atom stereocenters. The van der Waals surface area contributed by atoms with Crippen molar-refractivity contribution < 1.29 is 22.7 Å². The molecule has 8 heteroatoms. The van der Waals surface area contributed by atoms with E-state index in [1.807, 2.05) is 0 Å². The molecular weight excluding hydrogens is 443 g/mol. The second kappa shape index (κ2) is 12.4. The fourth-order valence-corrected chi connectivity index (χ4v) is 5.30. The van der Waals surface area contributed by atoms with Crippen molar-refractivity contribution >= 4 is 5.91 Å². The van der Waals surface area contributed by atoms with Gasteiger partial charge < -0.3 is 20.3 Å². The van der Waals surface area contributed by atoms with Crippen LogP contribution in [0.15, 0.2) is 12.1 Å². The van der Waals surface area contributed by atoms with Crippen molar-refractivity contribution in [3.63, 3.8) is 0 Å². The highest BCUT2D eigenvalue weighted by molar-refractivity contribution is 5.79. The van der Waals surface area contributed by atoms with Crippen LogP contribution >= 0.6 is 0 Å². The molecule has 2 aliphatic heterocycles. The highest BCUT2D eigenvalue weighted by Crippen LogP contribution is 2.35. The standard InChI is InChI=1S/C23H32F3N3O2.C3H8/c1-27-13-16-10-18(23(24,25)26)11-17-14-29(7-4-21(16)17)22(30)15-2-3-20(12-15)28-19-5-8-31-9-6-19;1-3-2/h10-11,15,19-20,27-28H,2-9,12-14H2,1H3;3H2,1-2H3/t15-,20?;/m0./s1. The van der Waals surface area contributed by atoms with E-state index in [1.54, 1.807) is 11.9 Å². The summed E-state index contributed by atoms with van der Waals surface area (Å²) in [7, 11) is 1.73. The molecule has 0 aromatic heterocycles. The van der Waals surface area contributed by atoms with Gasteiger partial charge in [0.1, 0.15) is 0 Å². The molecule has 0 spiro atoms. The molecule has 0 bridgehead atoms. The number of benzene rings is 1. The number of hydrogen-bond acceptors (Lipinski definition) is 4. The van der Waals surface area contributed by atoms with Gasteiger partial charge in [0.25, 0.3) is 0 Å². The van der Waals surface area contributed by atoms with Crippen molar-refractivity contribution in [1.82, 2.24) is 15.5 Å². The lowest BCUT2D eigenvalue weighted by molar-refractivity contribution is -0.137. The molecule has 2 fully saturated rings. The predicted molar refractivity (Wildman–Crippen MR) is 127 cm³/mol. The zero-order chi connectivity index (χ0) is 24.7. The predicted octanol–water partition coefficient (Wildman–Crippen LogP) is 4.66. The number of ether oxygens (including phenoxy) is 1. The molecule has 1 aromatic rings. The fourth-order valence-electron chi connectivity index (χ4n) is 5.30. The summed E-state index contributed by atoms with van der Waals surface area (Å²) in [5.74, 6) is 0.0518. The molecule has 1 unspecified atom stereocenters. The Morgan fingerprint density at radius 3 is 2.47 bits per heavy atom. The van der Waals surface area contributed by atoms with Gasteiger partial charge in [-0.1, -0.05) is 20.3 Å². The minimum atomic E-state index is -4.39. The van der Waals surface area contributed by atoms with Crippen LogP contribution in [0.5, 0.6) is 0 Å². The molecule has 1 saturated carbocycles. The highest BCUT2D eigenvalue weighted by Gasteiger charge is 2.37. The Morgan fingerprint density at radius 2 is 1.82 bits per heavy atom. The molecule has 1 amide bonds. The van der Waals surface area contributed by atoms with Gasteiger partial charge in [-0.2, -0.15) is 13.2 Å². The number of fused-ring (bicyclic) bond motifs is 1. The molecule has 1 aliphatic carbocycles. The SMILES string of the molecule is CCC.CNCc1cc(C(F)(F)F)cc2c1CCN(C(=O)[C@H]1CCC(NC3CCOCC3)C1)C2. The van der Waals surface area contributed by atoms with E-state index in [0.717, 1.165) is 50.9 Å². The second-order valence-electron chi connectivity index (χ2n) is 9.78. The largest absolute Gasteiger partial charge is 0.416 e. The lowest BCUT2D eigenvalue weighted by Gasteiger charge is -2.33. The number of alkyl halides is 3. The van der Waals surface area contributed by atoms with Gasteiger partial charge in [0.05, 0.1) is 5.56 Å². The maximum atomic E-state index is 13.4. The number of rotatable bonds is 5. The number of carbonyl (C=O) groups excluding carboxylic acids is 1. The molecule has 0 radical (unpaired) electrons. The van der Waals surface area contributed by atoms with Crippen molar-refractivity contribution in [2.75, 3.05) is 26.8 Å². The number of nitrogens with one attached hydrogen (secondary N) is 2. The minimum absolute atomic E-state index is 0.0403. The summed E-state index contributed by atoms with van der Waals surface area (Å²) in [6, 6.07) is 3.28. The van der Waals surface area contributed by atoms with Crippen LogP contribution in [-0.4, -0.2) is 49.7 Å². The van der Waals surface area contributed by atoms with Crippen LogP contribution in [0.4, 0.5) is 13.2 Å². The van der Waals surface area contributed by atoms with Crippen molar-refractivity contribution in [2.45, 2.75) is 90.1 Å². The zero-order valence-corrected chi connectivity index (χ0v) is 20.8. The van der Waals surface area contributed by atoms with Gasteiger partial charge in [-0.25, -0.2) is 0 Å². The van der Waals surface area contributed by atoms with E-state index >= 15 is 0 Å². The third-order valence-electron chi connectivity index (χ3n) is 6.91. The number of nitrogens with zero attached hydrogens (tertiary/aromatic N) is 1. The quantitative estimate of drug-likeness (QED) is 0.640. The first-order chi connectivity index (χ1) is 16.3. The van der Waals surface area contributed by atoms with E-state index in [1.165, 1.54) is 18.6 Å². The molecule has 34 heavy (non-hydrogen) atoms. The summed E-state index contributed by atoms with van der Waals surface area (Å²) in [6.45, 7) is 7.05. The summed E-state index contributed by atoms with van der Waals surface area (Å²) < 4.78 is 45.6. The highest BCUT2D eigenvalue weighted by atomic mass is 19.4. The molecule has 2 N–H and O–H groups in total. The van der Waals surface area contributed by atoms with Crippen LogP contribution < -0.4 is 10.6 Å². The number of amides is 1. The molecule has 5 nitrogen and oxygen atoms in total. The smallest absolute Gasteiger partial charge is 0.381 e. The first-order valence-electron chi connectivity index (χ1n) is 12.8. The molecule has 2 heterocycles. The maximum Gasteiger partial charge on any atom is 0.416 e. The van der Waals surface area contributed by atoms with E-state index in [4.69, 9.17) is 4.74 Å². The van der Waals surface area contributed by atoms with Crippen molar-refractivity contribution in [3.8, 4) is 0 Å². The summed E-state index contributed by atoms with van der Waals surface area (Å²) in [4.78, 5) is 15.0. The Bertz CT molecular complexity index is 809. The fraction of sp³-hybridized carbons (Fsp3) is 0.731. The lowest BCUT2D eigenvalue weighted by Crippen LogP contribution is -2.42. The van der Waals surface area contributed by atoms with Gasteiger partial charge in [-0.15, -0.1) is 0 Å². The normalized spacial score (nSPS) is 23.3. The van der Waals surface area contributed by atoms with Crippen LogP contribution in [0.2, 0.25) is 0 Å². The number of hydrogen-bond donors (Lipinski definition) is 2. The van der Waals surface area contributed by atoms with E-state index < -0.39 is 11.7 Å². The van der Waals surface area contributed by atoms with Gasteiger partial charge in [0.15, 0.2) is 0 Å². The summed E-state index contributed by atoms with van der Waals surface area (Å²) in [5.41, 5.74) is 1.64. The monoisotopic (exact) mass is 483 g/mol. The van der Waals surface area contributed by atoms with Crippen LogP contribution in [0.25, 0.3) is 0 Å². The first kappa shape index (κ1) is 27.0. The summed E-state index contributed by atoms with van der Waals surface area (Å²) in [6.07, 6.45) is 2.11. The summed E-state index contributed by atoms with van der Waals surface area (Å²) >= 11 is 0. The summed E-state index contributed by atoms with van der Waals surface area (Å²) in [5, 5.41) is 6.65.